The first-order valence-electron chi connectivity index (χ1n) is 5.52. The molecule has 1 aromatic carbocycles. The molecule has 0 aliphatic heterocycles. The molecule has 0 fully saturated rings. The Balaban J connectivity index is 2.78. The van der Waals surface area contributed by atoms with E-state index in [1.165, 1.54) is 13.2 Å². The van der Waals surface area contributed by atoms with Gasteiger partial charge in [-0.15, -0.1) is 0 Å². The van der Waals surface area contributed by atoms with Crippen molar-refractivity contribution < 1.29 is 9.13 Å². The third kappa shape index (κ3) is 3.96. The summed E-state index contributed by atoms with van der Waals surface area (Å²) in [5.74, 6) is 5.37. The van der Waals surface area contributed by atoms with Gasteiger partial charge in [-0.3, -0.25) is 11.3 Å². The molecule has 0 bridgehead atoms. The van der Waals surface area contributed by atoms with E-state index in [0.717, 1.165) is 18.5 Å². The van der Waals surface area contributed by atoms with Crippen molar-refractivity contribution in [2.24, 2.45) is 5.84 Å². The average Bonchev–Trinajstić information content (AvgIpc) is 2.29. The van der Waals surface area contributed by atoms with Crippen LogP contribution in [0.3, 0.4) is 0 Å². The molecular formula is C12H20FN3O. The van der Waals surface area contributed by atoms with Gasteiger partial charge in [0.1, 0.15) is 0 Å². The fraction of sp³-hybridized carbons (Fsp3) is 0.500. The smallest absolute Gasteiger partial charge is 0.165 e. The van der Waals surface area contributed by atoms with Gasteiger partial charge in [-0.1, -0.05) is 6.07 Å². The van der Waals surface area contributed by atoms with Crippen molar-refractivity contribution in [3.05, 3.63) is 29.6 Å². The Morgan fingerprint density at radius 1 is 1.47 bits per heavy atom. The zero-order valence-electron chi connectivity index (χ0n) is 10.5. The first-order valence-corrected chi connectivity index (χ1v) is 5.52. The number of hydrogen-bond donors (Lipinski definition) is 2. The van der Waals surface area contributed by atoms with E-state index in [9.17, 15) is 4.39 Å². The second-order valence-electron chi connectivity index (χ2n) is 4.21. The highest BCUT2D eigenvalue weighted by Gasteiger charge is 2.12. The molecule has 0 radical (unpaired) electrons. The molecule has 96 valence electrons. The number of hydrazine groups is 1. The van der Waals surface area contributed by atoms with E-state index in [1.54, 1.807) is 6.07 Å². The number of ether oxygens (including phenoxy) is 1. The summed E-state index contributed by atoms with van der Waals surface area (Å²) in [7, 11) is 5.42. The van der Waals surface area contributed by atoms with Gasteiger partial charge in [-0.25, -0.2) is 4.39 Å². The number of hydrogen-bond acceptors (Lipinski definition) is 4. The molecule has 0 aliphatic carbocycles. The van der Waals surface area contributed by atoms with Gasteiger partial charge < -0.3 is 9.64 Å². The van der Waals surface area contributed by atoms with E-state index in [2.05, 4.69) is 10.3 Å². The van der Waals surface area contributed by atoms with Crippen molar-refractivity contribution in [1.82, 2.24) is 10.3 Å². The Morgan fingerprint density at radius 3 is 2.65 bits per heavy atom. The zero-order chi connectivity index (χ0) is 12.8. The third-order valence-electron chi connectivity index (χ3n) is 2.64. The van der Waals surface area contributed by atoms with E-state index >= 15 is 0 Å². The molecule has 0 aromatic heterocycles. The lowest BCUT2D eigenvalue weighted by Crippen LogP contribution is -2.30. The molecule has 1 rings (SSSR count). The summed E-state index contributed by atoms with van der Waals surface area (Å²) >= 11 is 0. The zero-order valence-corrected chi connectivity index (χ0v) is 10.5. The van der Waals surface area contributed by atoms with Gasteiger partial charge in [0.15, 0.2) is 11.6 Å². The van der Waals surface area contributed by atoms with Crippen LogP contribution in [0.5, 0.6) is 5.75 Å². The summed E-state index contributed by atoms with van der Waals surface area (Å²) in [6.45, 7) is 0.877. The van der Waals surface area contributed by atoms with Crippen LogP contribution in [0, 0.1) is 5.82 Å². The predicted octanol–water partition coefficient (Wildman–Crippen LogP) is 1.29. The molecule has 1 unspecified atom stereocenters. The Bertz CT molecular complexity index is 358. The summed E-state index contributed by atoms with van der Waals surface area (Å²) in [4.78, 5) is 2.06. The number of halogens is 1. The lowest BCUT2D eigenvalue weighted by molar-refractivity contribution is 0.360. The van der Waals surface area contributed by atoms with Crippen LogP contribution < -0.4 is 16.0 Å². The molecule has 0 saturated carbocycles. The van der Waals surface area contributed by atoms with Gasteiger partial charge >= 0.3 is 0 Å². The van der Waals surface area contributed by atoms with Crippen LogP contribution in [-0.4, -0.2) is 32.6 Å². The van der Waals surface area contributed by atoms with Gasteiger partial charge in [-0.2, -0.15) is 0 Å². The summed E-state index contributed by atoms with van der Waals surface area (Å²) in [5, 5.41) is 0. The van der Waals surface area contributed by atoms with E-state index in [1.807, 2.05) is 20.2 Å². The molecule has 0 heterocycles. The Morgan fingerprint density at radius 2 is 2.18 bits per heavy atom. The summed E-state index contributed by atoms with van der Waals surface area (Å²) < 4.78 is 18.4. The standard InChI is InChI=1S/C12H20FN3O/c1-16(2)7-6-11(15-14)9-4-5-12(17-3)10(13)8-9/h4-5,8,11,15H,6-7,14H2,1-3H3. The first kappa shape index (κ1) is 13.9. The van der Waals surface area contributed by atoms with Gasteiger partial charge in [0.2, 0.25) is 0 Å². The number of nitrogens with zero attached hydrogens (tertiary/aromatic N) is 1. The molecule has 3 N–H and O–H groups in total. The van der Waals surface area contributed by atoms with Crippen LogP contribution in [0.4, 0.5) is 4.39 Å². The highest BCUT2D eigenvalue weighted by molar-refractivity contribution is 5.31. The molecule has 0 spiro atoms. The largest absolute Gasteiger partial charge is 0.494 e. The maximum atomic E-state index is 13.5. The topological polar surface area (TPSA) is 50.5 Å². The monoisotopic (exact) mass is 241 g/mol. The molecule has 17 heavy (non-hydrogen) atoms. The molecular weight excluding hydrogens is 221 g/mol. The number of benzene rings is 1. The second kappa shape index (κ2) is 6.54. The van der Waals surface area contributed by atoms with Crippen molar-refractivity contribution in [3.63, 3.8) is 0 Å². The third-order valence-corrected chi connectivity index (χ3v) is 2.64. The van der Waals surface area contributed by atoms with Crippen LogP contribution in [0.2, 0.25) is 0 Å². The molecule has 0 saturated heterocycles. The van der Waals surface area contributed by atoms with Crippen LogP contribution in [0.15, 0.2) is 18.2 Å². The fourth-order valence-corrected chi connectivity index (χ4v) is 1.63. The quantitative estimate of drug-likeness (QED) is 0.582. The minimum Gasteiger partial charge on any atom is -0.494 e. The Labute approximate surface area is 102 Å². The number of rotatable bonds is 6. The maximum Gasteiger partial charge on any atom is 0.165 e. The SMILES string of the molecule is COc1ccc(C(CCN(C)C)NN)cc1F. The summed E-state index contributed by atoms with van der Waals surface area (Å²) in [6.07, 6.45) is 0.815. The van der Waals surface area contributed by atoms with E-state index < -0.39 is 0 Å². The minimum atomic E-state index is -0.366. The van der Waals surface area contributed by atoms with Crippen molar-refractivity contribution in [3.8, 4) is 5.75 Å². The minimum absolute atomic E-state index is 0.0576. The van der Waals surface area contributed by atoms with E-state index in [4.69, 9.17) is 10.6 Å². The van der Waals surface area contributed by atoms with Gasteiger partial charge in [0, 0.05) is 6.04 Å². The number of nitrogens with two attached hydrogens (primary N) is 1. The second-order valence-corrected chi connectivity index (χ2v) is 4.21. The molecule has 4 nitrogen and oxygen atoms in total. The average molecular weight is 241 g/mol. The van der Waals surface area contributed by atoms with E-state index in [-0.39, 0.29) is 17.6 Å². The molecule has 1 aromatic rings. The van der Waals surface area contributed by atoms with E-state index in [0.29, 0.717) is 0 Å². The van der Waals surface area contributed by atoms with Crippen molar-refractivity contribution in [2.45, 2.75) is 12.5 Å². The van der Waals surface area contributed by atoms with Crippen molar-refractivity contribution >= 4 is 0 Å². The van der Waals surface area contributed by atoms with Crippen LogP contribution >= 0.6 is 0 Å². The molecule has 5 heteroatoms. The van der Waals surface area contributed by atoms with Crippen LogP contribution in [0.1, 0.15) is 18.0 Å². The number of methoxy groups -OCH3 is 1. The van der Waals surface area contributed by atoms with Gasteiger partial charge in [0.25, 0.3) is 0 Å². The van der Waals surface area contributed by atoms with Crippen LogP contribution in [-0.2, 0) is 0 Å². The maximum absolute atomic E-state index is 13.5. The summed E-state index contributed by atoms with van der Waals surface area (Å²) in [5.41, 5.74) is 3.53. The predicted molar refractivity (Wildman–Crippen MR) is 66.2 cm³/mol. The first-order chi connectivity index (χ1) is 8.08. The Kier molecular flexibility index (Phi) is 5.34. The fourth-order valence-electron chi connectivity index (χ4n) is 1.63. The normalized spacial score (nSPS) is 12.8. The van der Waals surface area contributed by atoms with Crippen molar-refractivity contribution in [1.29, 1.82) is 0 Å². The lowest BCUT2D eigenvalue weighted by Gasteiger charge is -2.19. The lowest BCUT2D eigenvalue weighted by atomic mass is 10.0. The number of nitrogens with one attached hydrogen (secondary N) is 1. The molecule has 0 amide bonds. The molecule has 1 atom stereocenters. The van der Waals surface area contributed by atoms with Gasteiger partial charge in [0.05, 0.1) is 7.11 Å². The summed E-state index contributed by atoms with van der Waals surface area (Å²) in [6, 6.07) is 4.84. The Hall–Kier alpha value is -1.17. The highest BCUT2D eigenvalue weighted by atomic mass is 19.1. The van der Waals surface area contributed by atoms with Crippen LogP contribution in [0.25, 0.3) is 0 Å². The van der Waals surface area contributed by atoms with Crippen molar-refractivity contribution in [2.75, 3.05) is 27.7 Å². The van der Waals surface area contributed by atoms with Gasteiger partial charge in [-0.05, 0) is 44.8 Å². The molecule has 0 aliphatic rings. The highest BCUT2D eigenvalue weighted by Crippen LogP contribution is 2.23.